The lowest BCUT2D eigenvalue weighted by molar-refractivity contribution is 0.175. The Morgan fingerprint density at radius 3 is 2.64 bits per heavy atom. The molecule has 0 radical (unpaired) electrons. The normalized spacial score (nSPS) is 9.29. The molecule has 0 aliphatic heterocycles. The Hall–Kier alpha value is -0.820. The van der Waals surface area contributed by atoms with Gasteiger partial charge in [0.15, 0.2) is 0 Å². The van der Waals surface area contributed by atoms with Gasteiger partial charge in [-0.1, -0.05) is 27.8 Å². The Labute approximate surface area is 92.6 Å². The summed E-state index contributed by atoms with van der Waals surface area (Å²) in [5.41, 5.74) is 6.25. The zero-order valence-corrected chi connectivity index (χ0v) is 9.38. The lowest BCUT2D eigenvalue weighted by Gasteiger charge is -1.93. The van der Waals surface area contributed by atoms with E-state index in [-0.39, 0.29) is 0 Å². The minimum absolute atomic E-state index is 0.438. The maximum atomic E-state index is 5.26. The van der Waals surface area contributed by atoms with Crippen LogP contribution in [0.5, 0.6) is 0 Å². The van der Waals surface area contributed by atoms with Gasteiger partial charge in [0.2, 0.25) is 0 Å². The van der Waals surface area contributed by atoms with E-state index < -0.39 is 0 Å². The standard InChI is InChI=1S/C11H12BrNO/c12-11-5-3-10(4-6-11)2-1-8-14-9-7-13/h3-6H,7-9,13H2. The quantitative estimate of drug-likeness (QED) is 0.659. The van der Waals surface area contributed by atoms with Gasteiger partial charge in [-0.3, -0.25) is 0 Å². The van der Waals surface area contributed by atoms with Crippen molar-refractivity contribution in [2.75, 3.05) is 19.8 Å². The van der Waals surface area contributed by atoms with Gasteiger partial charge in [0.25, 0.3) is 0 Å². The summed E-state index contributed by atoms with van der Waals surface area (Å²) in [4.78, 5) is 0. The molecule has 14 heavy (non-hydrogen) atoms. The Balaban J connectivity index is 2.39. The first-order valence-corrected chi connectivity index (χ1v) is 5.14. The van der Waals surface area contributed by atoms with Crippen molar-refractivity contribution in [3.05, 3.63) is 34.3 Å². The van der Waals surface area contributed by atoms with Crippen molar-refractivity contribution in [1.29, 1.82) is 0 Å². The second kappa shape index (κ2) is 6.61. The third kappa shape index (κ3) is 4.43. The van der Waals surface area contributed by atoms with E-state index in [0.29, 0.717) is 19.8 Å². The van der Waals surface area contributed by atoms with Crippen molar-refractivity contribution in [2.24, 2.45) is 5.73 Å². The van der Waals surface area contributed by atoms with Crippen LogP contribution in [0.2, 0.25) is 0 Å². The first kappa shape index (κ1) is 11.3. The molecule has 0 atom stereocenters. The molecule has 0 saturated heterocycles. The fraction of sp³-hybridized carbons (Fsp3) is 0.273. The predicted octanol–water partition coefficient (Wildman–Crippen LogP) is 1.78. The molecule has 0 heterocycles. The third-order valence-electron chi connectivity index (χ3n) is 1.51. The highest BCUT2D eigenvalue weighted by Gasteiger charge is 1.86. The maximum absolute atomic E-state index is 5.26. The predicted molar refractivity (Wildman–Crippen MR) is 60.9 cm³/mol. The molecule has 0 aromatic heterocycles. The number of rotatable bonds is 3. The van der Waals surface area contributed by atoms with Crippen LogP contribution in [0.4, 0.5) is 0 Å². The second-order valence-corrected chi connectivity index (χ2v) is 3.57. The SMILES string of the molecule is NCCOCC#Cc1ccc(Br)cc1. The van der Waals surface area contributed by atoms with Gasteiger partial charge in [0.05, 0.1) is 6.61 Å². The molecule has 2 N–H and O–H groups in total. The average molecular weight is 254 g/mol. The first-order valence-electron chi connectivity index (χ1n) is 4.35. The van der Waals surface area contributed by atoms with Crippen molar-refractivity contribution in [2.45, 2.75) is 0 Å². The van der Waals surface area contributed by atoms with Gasteiger partial charge in [-0.15, -0.1) is 0 Å². The van der Waals surface area contributed by atoms with E-state index in [1.807, 2.05) is 24.3 Å². The molecule has 0 fully saturated rings. The molecule has 0 saturated carbocycles. The largest absolute Gasteiger partial charge is 0.367 e. The smallest absolute Gasteiger partial charge is 0.108 e. The van der Waals surface area contributed by atoms with Crippen molar-refractivity contribution in [1.82, 2.24) is 0 Å². The van der Waals surface area contributed by atoms with Crippen LogP contribution in [-0.2, 0) is 4.74 Å². The van der Waals surface area contributed by atoms with Crippen molar-refractivity contribution in [3.63, 3.8) is 0 Å². The molecule has 0 amide bonds. The van der Waals surface area contributed by atoms with Crippen LogP contribution in [0.25, 0.3) is 0 Å². The molecule has 0 spiro atoms. The van der Waals surface area contributed by atoms with Crippen LogP contribution < -0.4 is 5.73 Å². The van der Waals surface area contributed by atoms with E-state index in [1.54, 1.807) is 0 Å². The summed E-state index contributed by atoms with van der Waals surface area (Å²) < 4.78 is 6.18. The van der Waals surface area contributed by atoms with Crippen molar-refractivity contribution < 1.29 is 4.74 Å². The molecule has 1 aromatic rings. The number of ether oxygens (including phenoxy) is 1. The monoisotopic (exact) mass is 253 g/mol. The van der Waals surface area contributed by atoms with Gasteiger partial charge < -0.3 is 10.5 Å². The Morgan fingerprint density at radius 1 is 1.29 bits per heavy atom. The zero-order chi connectivity index (χ0) is 10.2. The number of benzene rings is 1. The van der Waals surface area contributed by atoms with Crippen LogP contribution in [-0.4, -0.2) is 19.8 Å². The summed E-state index contributed by atoms with van der Waals surface area (Å²) in [6.45, 7) is 1.54. The maximum Gasteiger partial charge on any atom is 0.108 e. The molecule has 2 nitrogen and oxygen atoms in total. The highest BCUT2D eigenvalue weighted by molar-refractivity contribution is 9.10. The Bertz CT molecular complexity index is 323. The molecule has 1 rings (SSSR count). The number of hydrogen-bond acceptors (Lipinski definition) is 2. The number of nitrogens with two attached hydrogens (primary N) is 1. The van der Waals surface area contributed by atoms with E-state index >= 15 is 0 Å². The fourth-order valence-electron chi connectivity index (χ4n) is 0.878. The third-order valence-corrected chi connectivity index (χ3v) is 2.04. The molecule has 0 unspecified atom stereocenters. The summed E-state index contributed by atoms with van der Waals surface area (Å²) in [6.07, 6.45) is 0. The summed E-state index contributed by atoms with van der Waals surface area (Å²) in [5.74, 6) is 5.91. The lowest BCUT2D eigenvalue weighted by Crippen LogP contribution is -2.08. The van der Waals surface area contributed by atoms with Crippen LogP contribution in [0.15, 0.2) is 28.7 Å². The topological polar surface area (TPSA) is 35.2 Å². The summed E-state index contributed by atoms with van der Waals surface area (Å²) in [6, 6.07) is 7.84. The first-order chi connectivity index (χ1) is 6.83. The van der Waals surface area contributed by atoms with Crippen LogP contribution in [0.1, 0.15) is 5.56 Å². The van der Waals surface area contributed by atoms with E-state index in [0.717, 1.165) is 10.0 Å². The van der Waals surface area contributed by atoms with E-state index in [1.165, 1.54) is 0 Å². The Kier molecular flexibility index (Phi) is 5.31. The number of halogens is 1. The van der Waals surface area contributed by atoms with Crippen molar-refractivity contribution in [3.8, 4) is 11.8 Å². The molecular formula is C11H12BrNO. The molecule has 0 bridgehead atoms. The van der Waals surface area contributed by atoms with Gasteiger partial charge in [-0.2, -0.15) is 0 Å². The van der Waals surface area contributed by atoms with E-state index in [9.17, 15) is 0 Å². The average Bonchev–Trinajstić information content (AvgIpc) is 2.21. The molecule has 0 aliphatic rings. The van der Waals surface area contributed by atoms with Gasteiger partial charge >= 0.3 is 0 Å². The van der Waals surface area contributed by atoms with Crippen LogP contribution in [0, 0.1) is 11.8 Å². The number of hydrogen-bond donors (Lipinski definition) is 1. The minimum atomic E-state index is 0.438. The van der Waals surface area contributed by atoms with Gasteiger partial charge in [-0.05, 0) is 24.3 Å². The van der Waals surface area contributed by atoms with Gasteiger partial charge in [0, 0.05) is 16.6 Å². The molecular weight excluding hydrogens is 242 g/mol. The highest BCUT2D eigenvalue weighted by atomic mass is 79.9. The summed E-state index contributed by atoms with van der Waals surface area (Å²) in [7, 11) is 0. The van der Waals surface area contributed by atoms with Crippen LogP contribution in [0.3, 0.4) is 0 Å². The van der Waals surface area contributed by atoms with Gasteiger partial charge in [-0.25, -0.2) is 0 Å². The summed E-state index contributed by atoms with van der Waals surface area (Å²) in [5, 5.41) is 0. The molecule has 0 aliphatic carbocycles. The van der Waals surface area contributed by atoms with Gasteiger partial charge in [0.1, 0.15) is 6.61 Å². The second-order valence-electron chi connectivity index (χ2n) is 2.65. The minimum Gasteiger partial charge on any atom is -0.367 e. The summed E-state index contributed by atoms with van der Waals surface area (Å²) >= 11 is 3.36. The van der Waals surface area contributed by atoms with E-state index in [4.69, 9.17) is 10.5 Å². The molecule has 3 heteroatoms. The van der Waals surface area contributed by atoms with Crippen LogP contribution >= 0.6 is 15.9 Å². The lowest BCUT2D eigenvalue weighted by atomic mass is 10.2. The highest BCUT2D eigenvalue weighted by Crippen LogP contribution is 2.09. The van der Waals surface area contributed by atoms with E-state index in [2.05, 4.69) is 27.8 Å². The fourth-order valence-corrected chi connectivity index (χ4v) is 1.14. The Morgan fingerprint density at radius 2 is 2.00 bits per heavy atom. The zero-order valence-electron chi connectivity index (χ0n) is 7.79. The molecule has 74 valence electrons. The van der Waals surface area contributed by atoms with Crippen molar-refractivity contribution >= 4 is 15.9 Å². The molecule has 1 aromatic carbocycles.